The zero-order valence-electron chi connectivity index (χ0n) is 18.8. The second kappa shape index (κ2) is 8.70. The third-order valence-electron chi connectivity index (χ3n) is 6.24. The summed E-state index contributed by atoms with van der Waals surface area (Å²) in [6.45, 7) is 7.68. The second-order valence-electron chi connectivity index (χ2n) is 8.66. The minimum atomic E-state index is -4.07. The molecule has 0 atom stereocenters. The molecule has 0 radical (unpaired) electrons. The number of benzene rings is 2. The van der Waals surface area contributed by atoms with Crippen LogP contribution in [-0.4, -0.2) is 26.1 Å². The predicted molar refractivity (Wildman–Crippen MR) is 126 cm³/mol. The largest absolute Gasteiger partial charge is 0.369 e. The SMILES string of the molecule is CCCCn1cc(S(=O)(=O)c2cc(C)ccc2C)c(=O)c2cc(F)c(N3CCCC3)cc21. The van der Waals surface area contributed by atoms with Crippen LogP contribution < -0.4 is 10.3 Å². The lowest BCUT2D eigenvalue weighted by Crippen LogP contribution is -2.22. The van der Waals surface area contributed by atoms with Gasteiger partial charge in [-0.15, -0.1) is 0 Å². The lowest BCUT2D eigenvalue weighted by molar-refractivity contribution is 0.589. The molecule has 32 heavy (non-hydrogen) atoms. The number of nitrogens with zero attached hydrogens (tertiary/aromatic N) is 2. The topological polar surface area (TPSA) is 59.4 Å². The van der Waals surface area contributed by atoms with E-state index in [0.717, 1.165) is 44.3 Å². The fourth-order valence-corrected chi connectivity index (χ4v) is 6.08. The Morgan fingerprint density at radius 2 is 1.75 bits per heavy atom. The zero-order chi connectivity index (χ0) is 23.0. The van der Waals surface area contributed by atoms with Crippen molar-refractivity contribution in [2.75, 3.05) is 18.0 Å². The van der Waals surface area contributed by atoms with E-state index in [9.17, 15) is 13.2 Å². The van der Waals surface area contributed by atoms with Crippen LogP contribution in [0.25, 0.3) is 10.9 Å². The molecule has 2 aromatic carbocycles. The van der Waals surface area contributed by atoms with Gasteiger partial charge in [0, 0.05) is 25.8 Å². The second-order valence-corrected chi connectivity index (χ2v) is 10.5. The van der Waals surface area contributed by atoms with E-state index in [0.29, 0.717) is 23.3 Å². The fourth-order valence-electron chi connectivity index (χ4n) is 4.39. The normalized spacial score (nSPS) is 14.4. The van der Waals surface area contributed by atoms with Gasteiger partial charge < -0.3 is 9.47 Å². The van der Waals surface area contributed by atoms with E-state index in [4.69, 9.17) is 0 Å². The van der Waals surface area contributed by atoms with Gasteiger partial charge in [-0.25, -0.2) is 12.8 Å². The summed E-state index contributed by atoms with van der Waals surface area (Å²) in [6, 6.07) is 8.09. The van der Waals surface area contributed by atoms with Crippen LogP contribution in [0.1, 0.15) is 43.7 Å². The summed E-state index contributed by atoms with van der Waals surface area (Å²) in [7, 11) is -4.07. The molecule has 1 fully saturated rings. The Bertz CT molecular complexity index is 1340. The zero-order valence-corrected chi connectivity index (χ0v) is 19.6. The third kappa shape index (κ3) is 3.94. The fraction of sp³-hybridized carbons (Fsp3) is 0.400. The number of anilines is 1. The summed E-state index contributed by atoms with van der Waals surface area (Å²) in [6.07, 6.45) is 5.19. The molecule has 0 bridgehead atoms. The molecule has 170 valence electrons. The van der Waals surface area contributed by atoms with E-state index >= 15 is 4.39 Å². The molecule has 0 unspecified atom stereocenters. The number of sulfone groups is 1. The molecule has 1 aliphatic heterocycles. The highest BCUT2D eigenvalue weighted by Crippen LogP contribution is 2.30. The maximum absolute atomic E-state index is 15.1. The molecule has 0 N–H and O–H groups in total. The minimum absolute atomic E-state index is 0.105. The first-order valence-corrected chi connectivity index (χ1v) is 12.7. The van der Waals surface area contributed by atoms with E-state index < -0.39 is 21.1 Å². The average Bonchev–Trinajstić information content (AvgIpc) is 3.29. The molecule has 7 heteroatoms. The van der Waals surface area contributed by atoms with Gasteiger partial charge in [0.05, 0.1) is 21.5 Å². The standard InChI is InChI=1S/C25H29FN2O3S/c1-4-5-10-28-16-24(32(30,31)23-13-17(2)8-9-18(23)3)25(29)19-14-20(26)22(15-21(19)28)27-11-6-7-12-27/h8-9,13-16H,4-7,10-12H2,1-3H3. The number of pyridine rings is 1. The molecule has 1 aliphatic rings. The van der Waals surface area contributed by atoms with Gasteiger partial charge >= 0.3 is 0 Å². The molecular weight excluding hydrogens is 427 g/mol. The lowest BCUT2D eigenvalue weighted by Gasteiger charge is -2.21. The van der Waals surface area contributed by atoms with Crippen LogP contribution in [0.3, 0.4) is 0 Å². The van der Waals surface area contributed by atoms with Crippen LogP contribution in [0, 0.1) is 19.7 Å². The van der Waals surface area contributed by atoms with Crippen molar-refractivity contribution in [2.45, 2.75) is 62.8 Å². The van der Waals surface area contributed by atoms with Gasteiger partial charge in [-0.2, -0.15) is 0 Å². The van der Waals surface area contributed by atoms with E-state index in [1.807, 2.05) is 24.8 Å². The van der Waals surface area contributed by atoms with E-state index in [-0.39, 0.29) is 15.2 Å². The number of fused-ring (bicyclic) bond motifs is 1. The quantitative estimate of drug-likeness (QED) is 0.524. The average molecular weight is 457 g/mol. The Morgan fingerprint density at radius 1 is 1.03 bits per heavy atom. The van der Waals surface area contributed by atoms with Crippen LogP contribution in [0.5, 0.6) is 0 Å². The van der Waals surface area contributed by atoms with Crippen molar-refractivity contribution < 1.29 is 12.8 Å². The summed E-state index contributed by atoms with van der Waals surface area (Å²) in [5.41, 5.74) is 1.77. The molecule has 0 amide bonds. The Hall–Kier alpha value is -2.67. The first-order chi connectivity index (χ1) is 15.2. The van der Waals surface area contributed by atoms with Crippen molar-refractivity contribution in [3.8, 4) is 0 Å². The first kappa shape index (κ1) is 22.5. The molecule has 0 aliphatic carbocycles. The third-order valence-corrected chi connectivity index (χ3v) is 8.13. The van der Waals surface area contributed by atoms with Gasteiger partial charge in [-0.3, -0.25) is 4.79 Å². The molecule has 0 spiro atoms. The van der Waals surface area contributed by atoms with Gasteiger partial charge in [0.25, 0.3) is 0 Å². The lowest BCUT2D eigenvalue weighted by atomic mass is 10.1. The number of aromatic nitrogens is 1. The summed E-state index contributed by atoms with van der Waals surface area (Å²) >= 11 is 0. The summed E-state index contributed by atoms with van der Waals surface area (Å²) in [5, 5.41) is 0.105. The van der Waals surface area contributed by atoms with E-state index in [2.05, 4.69) is 0 Å². The minimum Gasteiger partial charge on any atom is -0.369 e. The maximum atomic E-state index is 15.1. The Labute approximate surface area is 188 Å². The van der Waals surface area contributed by atoms with Crippen molar-refractivity contribution in [3.05, 3.63) is 63.7 Å². The van der Waals surface area contributed by atoms with Gasteiger partial charge in [0.1, 0.15) is 10.7 Å². The molecule has 4 rings (SSSR count). The number of hydrogen-bond acceptors (Lipinski definition) is 4. The molecule has 1 aromatic heterocycles. The van der Waals surface area contributed by atoms with Crippen molar-refractivity contribution >= 4 is 26.4 Å². The number of rotatable bonds is 6. The van der Waals surface area contributed by atoms with Crippen LogP contribution >= 0.6 is 0 Å². The van der Waals surface area contributed by atoms with Crippen molar-refractivity contribution in [3.63, 3.8) is 0 Å². The van der Waals surface area contributed by atoms with Crippen LogP contribution in [0.2, 0.25) is 0 Å². The van der Waals surface area contributed by atoms with Crippen molar-refractivity contribution in [2.24, 2.45) is 0 Å². The van der Waals surface area contributed by atoms with Gasteiger partial charge in [0.15, 0.2) is 0 Å². The Balaban J connectivity index is 1.98. The Kier molecular flexibility index (Phi) is 6.12. The van der Waals surface area contributed by atoms with Gasteiger partial charge in [-0.1, -0.05) is 25.5 Å². The van der Waals surface area contributed by atoms with Crippen LogP contribution in [0.4, 0.5) is 10.1 Å². The molecule has 0 saturated carbocycles. The van der Waals surface area contributed by atoms with Crippen molar-refractivity contribution in [1.82, 2.24) is 4.57 Å². The summed E-state index contributed by atoms with van der Waals surface area (Å²) < 4.78 is 44.0. The van der Waals surface area contributed by atoms with E-state index in [1.54, 1.807) is 29.7 Å². The maximum Gasteiger partial charge on any atom is 0.212 e. The van der Waals surface area contributed by atoms with Crippen LogP contribution in [-0.2, 0) is 16.4 Å². The number of hydrogen-bond donors (Lipinski definition) is 0. The van der Waals surface area contributed by atoms with E-state index in [1.165, 1.54) is 12.3 Å². The van der Waals surface area contributed by atoms with Gasteiger partial charge in [0.2, 0.25) is 15.3 Å². The highest BCUT2D eigenvalue weighted by Gasteiger charge is 2.27. The Morgan fingerprint density at radius 3 is 2.44 bits per heavy atom. The molecule has 1 saturated heterocycles. The van der Waals surface area contributed by atoms with Gasteiger partial charge in [-0.05, 0) is 62.4 Å². The number of aryl methyl sites for hydroxylation is 3. The smallest absolute Gasteiger partial charge is 0.212 e. The highest BCUT2D eigenvalue weighted by atomic mass is 32.2. The summed E-state index contributed by atoms with van der Waals surface area (Å²) in [4.78, 5) is 15.2. The first-order valence-electron chi connectivity index (χ1n) is 11.2. The van der Waals surface area contributed by atoms with Crippen molar-refractivity contribution in [1.29, 1.82) is 0 Å². The van der Waals surface area contributed by atoms with Crippen LogP contribution in [0.15, 0.2) is 51.1 Å². The number of unbranched alkanes of at least 4 members (excludes halogenated alkanes) is 1. The molecule has 5 nitrogen and oxygen atoms in total. The summed E-state index contributed by atoms with van der Waals surface area (Å²) in [5.74, 6) is -0.486. The molecule has 3 aromatic rings. The molecular formula is C25H29FN2O3S. The highest BCUT2D eigenvalue weighted by molar-refractivity contribution is 7.91. The molecule has 2 heterocycles. The predicted octanol–water partition coefficient (Wildman–Crippen LogP) is 4.99. The monoisotopic (exact) mass is 456 g/mol. The number of halogens is 1.